The van der Waals surface area contributed by atoms with Gasteiger partial charge in [-0.1, -0.05) is 41.9 Å². The number of ether oxygens (including phenoxy) is 1. The molecule has 1 heterocycles. The second kappa shape index (κ2) is 7.45. The molecule has 3 aromatic rings. The topological polar surface area (TPSA) is 74.3 Å². The first-order valence-electron chi connectivity index (χ1n) is 8.07. The third-order valence-corrected chi connectivity index (χ3v) is 4.14. The van der Waals surface area contributed by atoms with Crippen LogP contribution < -0.4 is 11.3 Å². The van der Waals surface area contributed by atoms with E-state index < -0.39 is 11.5 Å². The summed E-state index contributed by atoms with van der Waals surface area (Å²) in [5.41, 5.74) is 7.20. The van der Waals surface area contributed by atoms with Gasteiger partial charge in [0.25, 0.3) is 5.56 Å². The van der Waals surface area contributed by atoms with Crippen molar-refractivity contribution in [2.24, 2.45) is 0 Å². The molecule has 0 aliphatic rings. The van der Waals surface area contributed by atoms with Gasteiger partial charge in [0.15, 0.2) is 0 Å². The van der Waals surface area contributed by atoms with E-state index in [1.807, 2.05) is 6.07 Å². The summed E-state index contributed by atoms with van der Waals surface area (Å²) < 4.78 is 6.40. The lowest BCUT2D eigenvalue weighted by Crippen LogP contribution is -2.29. The van der Waals surface area contributed by atoms with E-state index in [2.05, 4.69) is 0 Å². The zero-order chi connectivity index (χ0) is 18.7. The van der Waals surface area contributed by atoms with Crippen molar-refractivity contribution in [3.05, 3.63) is 81.6 Å². The van der Waals surface area contributed by atoms with Crippen molar-refractivity contribution < 1.29 is 9.53 Å². The van der Waals surface area contributed by atoms with Crippen LogP contribution in [0.3, 0.4) is 0 Å². The molecule has 0 saturated carbocycles. The number of nitrogens with zero attached hydrogens (tertiary/aromatic N) is 1. The van der Waals surface area contributed by atoms with Crippen molar-refractivity contribution in [2.45, 2.75) is 6.92 Å². The number of benzene rings is 2. The van der Waals surface area contributed by atoms with Gasteiger partial charge in [-0.15, -0.1) is 0 Å². The maximum Gasteiger partial charge on any atom is 0.344 e. The first-order valence-corrected chi connectivity index (χ1v) is 8.44. The maximum absolute atomic E-state index is 13.1. The Labute approximate surface area is 155 Å². The van der Waals surface area contributed by atoms with Gasteiger partial charge in [-0.3, -0.25) is 9.36 Å². The quantitative estimate of drug-likeness (QED) is 0.708. The summed E-state index contributed by atoms with van der Waals surface area (Å²) in [6, 6.07) is 17.3. The van der Waals surface area contributed by atoms with Gasteiger partial charge in [-0.25, -0.2) is 4.79 Å². The number of hydrogen-bond acceptors (Lipinski definition) is 4. The number of pyridine rings is 1. The lowest BCUT2D eigenvalue weighted by molar-refractivity contribution is 0.0525. The number of anilines is 1. The highest BCUT2D eigenvalue weighted by Crippen LogP contribution is 2.27. The average Bonchev–Trinajstić information content (AvgIpc) is 2.63. The molecule has 6 heteroatoms. The summed E-state index contributed by atoms with van der Waals surface area (Å²) in [5.74, 6) is -0.466. The van der Waals surface area contributed by atoms with Crippen molar-refractivity contribution in [3.8, 4) is 16.8 Å². The predicted octanol–water partition coefficient (Wildman–Crippen LogP) is 3.92. The smallest absolute Gasteiger partial charge is 0.344 e. The van der Waals surface area contributed by atoms with Crippen LogP contribution in [0.4, 0.5) is 5.82 Å². The number of carbonyl (C=O) groups is 1. The highest BCUT2D eigenvalue weighted by atomic mass is 35.5. The highest BCUT2D eigenvalue weighted by molar-refractivity contribution is 6.30. The van der Waals surface area contributed by atoms with Crippen LogP contribution in [-0.2, 0) is 4.74 Å². The first-order chi connectivity index (χ1) is 12.5. The van der Waals surface area contributed by atoms with Crippen molar-refractivity contribution in [2.75, 3.05) is 12.3 Å². The van der Waals surface area contributed by atoms with Crippen molar-refractivity contribution >= 4 is 23.4 Å². The number of esters is 1. The minimum absolute atomic E-state index is 0.0628. The van der Waals surface area contributed by atoms with Crippen LogP contribution in [-0.4, -0.2) is 17.1 Å². The molecule has 0 amide bonds. The highest BCUT2D eigenvalue weighted by Gasteiger charge is 2.22. The van der Waals surface area contributed by atoms with Gasteiger partial charge in [0, 0.05) is 10.6 Å². The molecule has 0 aliphatic carbocycles. The van der Waals surface area contributed by atoms with E-state index in [1.54, 1.807) is 61.5 Å². The molecular formula is C20H17ClN2O3. The molecule has 0 bridgehead atoms. The number of nitrogens with two attached hydrogens (primary N) is 1. The summed E-state index contributed by atoms with van der Waals surface area (Å²) >= 11 is 5.94. The van der Waals surface area contributed by atoms with Crippen molar-refractivity contribution in [1.82, 2.24) is 4.57 Å². The van der Waals surface area contributed by atoms with Gasteiger partial charge in [0.05, 0.1) is 12.3 Å². The number of hydrogen-bond donors (Lipinski definition) is 1. The molecule has 1 aromatic heterocycles. The van der Waals surface area contributed by atoms with Crippen LogP contribution in [0.5, 0.6) is 0 Å². The third-order valence-electron chi connectivity index (χ3n) is 3.89. The van der Waals surface area contributed by atoms with E-state index in [9.17, 15) is 9.59 Å². The summed E-state index contributed by atoms with van der Waals surface area (Å²) in [7, 11) is 0. The number of rotatable bonds is 4. The van der Waals surface area contributed by atoms with E-state index in [-0.39, 0.29) is 18.0 Å². The number of halogens is 1. The Balaban J connectivity index is 2.30. The van der Waals surface area contributed by atoms with E-state index in [0.717, 1.165) is 0 Å². The second-order valence-corrected chi connectivity index (χ2v) is 6.00. The molecule has 0 unspecified atom stereocenters. The standard InChI is InChI=1S/C20H17ClN2O3/c1-2-26-20(25)18-16(13-8-10-14(21)11-9-13)12-17(22)23(19(18)24)15-6-4-3-5-7-15/h3-12H,2,22H2,1H3. The Hall–Kier alpha value is -3.05. The lowest BCUT2D eigenvalue weighted by atomic mass is 10.0. The van der Waals surface area contributed by atoms with E-state index >= 15 is 0 Å². The monoisotopic (exact) mass is 368 g/mol. The molecule has 3 rings (SSSR count). The number of carbonyl (C=O) groups excluding carboxylic acids is 1. The summed E-state index contributed by atoms with van der Waals surface area (Å²) in [6.45, 7) is 1.85. The van der Waals surface area contributed by atoms with Gasteiger partial charge in [0.2, 0.25) is 0 Å². The van der Waals surface area contributed by atoms with Crippen LogP contribution >= 0.6 is 11.6 Å². The molecule has 0 radical (unpaired) electrons. The zero-order valence-corrected chi connectivity index (χ0v) is 14.9. The Bertz CT molecular complexity index is 996. The first kappa shape index (κ1) is 17.8. The van der Waals surface area contributed by atoms with E-state index in [0.29, 0.717) is 21.8 Å². The Morgan fingerprint density at radius 1 is 1.12 bits per heavy atom. The van der Waals surface area contributed by atoms with Crippen LogP contribution in [0, 0.1) is 0 Å². The number of nitrogen functional groups attached to an aromatic ring is 1. The second-order valence-electron chi connectivity index (χ2n) is 5.56. The molecule has 0 aliphatic heterocycles. The third kappa shape index (κ3) is 3.34. The van der Waals surface area contributed by atoms with Gasteiger partial charge < -0.3 is 10.5 Å². The Morgan fingerprint density at radius 3 is 2.38 bits per heavy atom. The number of aromatic nitrogens is 1. The fourth-order valence-corrected chi connectivity index (χ4v) is 2.86. The average molecular weight is 369 g/mol. The molecule has 2 N–H and O–H groups in total. The lowest BCUT2D eigenvalue weighted by Gasteiger charge is -2.15. The summed E-state index contributed by atoms with van der Waals surface area (Å²) in [6.07, 6.45) is 0. The Kier molecular flexibility index (Phi) is 5.09. The number of para-hydroxylation sites is 1. The normalized spacial score (nSPS) is 10.5. The van der Waals surface area contributed by atoms with Crippen LogP contribution in [0.1, 0.15) is 17.3 Å². The zero-order valence-electron chi connectivity index (χ0n) is 14.1. The summed E-state index contributed by atoms with van der Waals surface area (Å²) in [5, 5.41) is 0.553. The summed E-state index contributed by atoms with van der Waals surface area (Å²) in [4.78, 5) is 25.6. The van der Waals surface area contributed by atoms with Gasteiger partial charge in [-0.05, 0) is 42.8 Å². The van der Waals surface area contributed by atoms with Gasteiger partial charge in [0.1, 0.15) is 11.4 Å². The van der Waals surface area contributed by atoms with E-state index in [4.69, 9.17) is 22.1 Å². The fraction of sp³-hybridized carbons (Fsp3) is 0.100. The predicted molar refractivity (Wildman–Crippen MR) is 103 cm³/mol. The molecule has 26 heavy (non-hydrogen) atoms. The maximum atomic E-state index is 13.1. The van der Waals surface area contributed by atoms with Crippen molar-refractivity contribution in [3.63, 3.8) is 0 Å². The molecule has 0 atom stereocenters. The Morgan fingerprint density at radius 2 is 1.77 bits per heavy atom. The van der Waals surface area contributed by atoms with Crippen LogP contribution in [0.25, 0.3) is 16.8 Å². The van der Waals surface area contributed by atoms with Gasteiger partial charge in [-0.2, -0.15) is 0 Å². The van der Waals surface area contributed by atoms with Crippen LogP contribution in [0.2, 0.25) is 5.02 Å². The van der Waals surface area contributed by atoms with Crippen molar-refractivity contribution in [1.29, 1.82) is 0 Å². The largest absolute Gasteiger partial charge is 0.462 e. The van der Waals surface area contributed by atoms with E-state index in [1.165, 1.54) is 4.57 Å². The molecule has 2 aromatic carbocycles. The molecule has 0 saturated heterocycles. The molecular weight excluding hydrogens is 352 g/mol. The molecule has 5 nitrogen and oxygen atoms in total. The molecule has 132 valence electrons. The molecule has 0 spiro atoms. The van der Waals surface area contributed by atoms with Gasteiger partial charge >= 0.3 is 5.97 Å². The SMILES string of the molecule is CCOC(=O)c1c(-c2ccc(Cl)cc2)cc(N)n(-c2ccccc2)c1=O. The fourth-order valence-electron chi connectivity index (χ4n) is 2.73. The minimum atomic E-state index is -0.688. The van der Waals surface area contributed by atoms with Crippen LogP contribution in [0.15, 0.2) is 65.5 Å². The molecule has 0 fully saturated rings. The minimum Gasteiger partial charge on any atom is -0.462 e.